The number of benzene rings is 2. The summed E-state index contributed by atoms with van der Waals surface area (Å²) in [6.07, 6.45) is -3.75. The summed E-state index contributed by atoms with van der Waals surface area (Å²) in [5.41, 5.74) is -0.723. The minimum atomic E-state index is -4.59. The lowest BCUT2D eigenvalue weighted by Crippen LogP contribution is -2.41. The molecule has 1 amide bonds. The summed E-state index contributed by atoms with van der Waals surface area (Å²) in [7, 11) is 1.54. The van der Waals surface area contributed by atoms with Crippen molar-refractivity contribution in [2.45, 2.75) is 19.0 Å². The molecule has 0 bridgehead atoms. The highest BCUT2D eigenvalue weighted by atomic mass is 19.4. The van der Waals surface area contributed by atoms with E-state index in [4.69, 9.17) is 4.74 Å². The Morgan fingerprint density at radius 1 is 1.00 bits per heavy atom. The Labute approximate surface area is 160 Å². The number of alkyl halides is 3. The number of methoxy groups -OCH3 is 1. The average molecular weight is 391 g/mol. The van der Waals surface area contributed by atoms with Crippen LogP contribution in [0.3, 0.4) is 0 Å². The van der Waals surface area contributed by atoms with Gasteiger partial charge in [-0.25, -0.2) is 0 Å². The minimum Gasteiger partial charge on any atom is -0.497 e. The third kappa shape index (κ3) is 4.18. The number of hydrogen-bond acceptors (Lipinski definition) is 3. The molecule has 1 saturated heterocycles. The summed E-state index contributed by atoms with van der Waals surface area (Å²) in [4.78, 5) is 26.6. The molecule has 1 heterocycles. The van der Waals surface area contributed by atoms with Crippen LogP contribution < -0.4 is 4.74 Å². The van der Waals surface area contributed by atoms with Gasteiger partial charge < -0.3 is 9.64 Å². The number of Topliss-reactive ketones (excluding diaryl/α,β-unsaturated/α-hetero) is 1. The number of hydrogen-bond donors (Lipinski definition) is 0. The fourth-order valence-corrected chi connectivity index (χ4v) is 3.42. The second-order valence-electron chi connectivity index (χ2n) is 6.70. The third-order valence-electron chi connectivity index (χ3n) is 4.99. The van der Waals surface area contributed by atoms with Crippen LogP contribution in [-0.4, -0.2) is 36.8 Å². The number of piperidine rings is 1. The number of rotatable bonds is 4. The van der Waals surface area contributed by atoms with E-state index in [2.05, 4.69) is 0 Å². The van der Waals surface area contributed by atoms with Gasteiger partial charge in [0.2, 0.25) is 0 Å². The van der Waals surface area contributed by atoms with Gasteiger partial charge in [-0.2, -0.15) is 13.2 Å². The topological polar surface area (TPSA) is 46.6 Å². The Kier molecular flexibility index (Phi) is 5.72. The van der Waals surface area contributed by atoms with Gasteiger partial charge >= 0.3 is 6.18 Å². The maximum atomic E-state index is 13.2. The van der Waals surface area contributed by atoms with E-state index in [1.54, 1.807) is 31.4 Å². The summed E-state index contributed by atoms with van der Waals surface area (Å²) in [5, 5.41) is 0. The predicted molar refractivity (Wildman–Crippen MR) is 97.4 cm³/mol. The van der Waals surface area contributed by atoms with Crippen molar-refractivity contribution in [2.24, 2.45) is 5.92 Å². The van der Waals surface area contributed by atoms with Gasteiger partial charge in [0.05, 0.1) is 18.2 Å². The van der Waals surface area contributed by atoms with E-state index in [0.717, 1.165) is 6.07 Å². The quantitative estimate of drug-likeness (QED) is 0.724. The fraction of sp³-hybridized carbons (Fsp3) is 0.333. The molecule has 3 rings (SSSR count). The molecule has 0 atom stereocenters. The fourth-order valence-electron chi connectivity index (χ4n) is 3.42. The zero-order valence-corrected chi connectivity index (χ0v) is 15.3. The second kappa shape index (κ2) is 8.04. The van der Waals surface area contributed by atoms with E-state index in [9.17, 15) is 22.8 Å². The van der Waals surface area contributed by atoms with Crippen molar-refractivity contribution in [3.8, 4) is 5.75 Å². The number of carbonyl (C=O) groups is 2. The molecule has 0 radical (unpaired) electrons. The second-order valence-corrected chi connectivity index (χ2v) is 6.70. The normalized spacial score (nSPS) is 15.4. The molecule has 28 heavy (non-hydrogen) atoms. The third-order valence-corrected chi connectivity index (χ3v) is 4.99. The molecule has 0 aromatic heterocycles. The number of amides is 1. The van der Waals surface area contributed by atoms with E-state index in [1.807, 2.05) is 0 Å². The number of likely N-dealkylation sites (tertiary alicyclic amines) is 1. The Balaban J connectivity index is 1.67. The van der Waals surface area contributed by atoms with E-state index in [0.29, 0.717) is 24.2 Å². The molecule has 0 aliphatic carbocycles. The molecular formula is C21H20F3NO3. The Bertz CT molecular complexity index is 854. The SMILES string of the molecule is COc1ccc(C(=O)C2CCN(C(=O)c3ccccc3C(F)(F)F)CC2)cc1. The number of halogens is 3. The molecule has 0 spiro atoms. The molecule has 7 heteroatoms. The van der Waals surface area contributed by atoms with Crippen molar-refractivity contribution in [3.63, 3.8) is 0 Å². The van der Waals surface area contributed by atoms with Crippen LogP contribution in [0.4, 0.5) is 13.2 Å². The van der Waals surface area contributed by atoms with Gasteiger partial charge in [0.25, 0.3) is 5.91 Å². The van der Waals surface area contributed by atoms with Gasteiger partial charge in [0.15, 0.2) is 5.78 Å². The number of ketones is 1. The van der Waals surface area contributed by atoms with E-state index >= 15 is 0 Å². The van der Waals surface area contributed by atoms with E-state index in [-0.39, 0.29) is 30.4 Å². The first-order chi connectivity index (χ1) is 13.3. The molecule has 1 aliphatic rings. The maximum Gasteiger partial charge on any atom is 0.417 e. The highest BCUT2D eigenvalue weighted by Gasteiger charge is 2.37. The number of carbonyl (C=O) groups excluding carboxylic acids is 2. The summed E-state index contributed by atoms with van der Waals surface area (Å²) < 4.78 is 44.6. The summed E-state index contributed by atoms with van der Waals surface area (Å²) in [6, 6.07) is 11.6. The van der Waals surface area contributed by atoms with Crippen LogP contribution in [0.5, 0.6) is 5.75 Å². The molecule has 0 N–H and O–H groups in total. The zero-order valence-electron chi connectivity index (χ0n) is 15.3. The molecule has 1 fully saturated rings. The molecule has 148 valence electrons. The van der Waals surface area contributed by atoms with Crippen molar-refractivity contribution in [1.82, 2.24) is 4.90 Å². The maximum absolute atomic E-state index is 13.2. The van der Waals surface area contributed by atoms with Crippen LogP contribution in [0.2, 0.25) is 0 Å². The molecule has 1 aliphatic heterocycles. The van der Waals surface area contributed by atoms with Gasteiger partial charge in [0.1, 0.15) is 5.75 Å². The average Bonchev–Trinajstić information content (AvgIpc) is 2.72. The van der Waals surface area contributed by atoms with Crippen LogP contribution in [0, 0.1) is 5.92 Å². The van der Waals surface area contributed by atoms with E-state index < -0.39 is 17.6 Å². The van der Waals surface area contributed by atoms with Gasteiger partial charge in [-0.15, -0.1) is 0 Å². The smallest absolute Gasteiger partial charge is 0.417 e. The molecular weight excluding hydrogens is 371 g/mol. The van der Waals surface area contributed by atoms with Crippen LogP contribution in [0.15, 0.2) is 48.5 Å². The van der Waals surface area contributed by atoms with Crippen LogP contribution >= 0.6 is 0 Å². The lowest BCUT2D eigenvalue weighted by Gasteiger charge is -2.32. The summed E-state index contributed by atoms with van der Waals surface area (Å²) >= 11 is 0. The van der Waals surface area contributed by atoms with Gasteiger partial charge in [0, 0.05) is 24.6 Å². The highest BCUT2D eigenvalue weighted by molar-refractivity contribution is 5.99. The van der Waals surface area contributed by atoms with Crippen molar-refractivity contribution in [1.29, 1.82) is 0 Å². The standard InChI is InChI=1S/C21H20F3NO3/c1-28-16-8-6-14(7-9-16)19(26)15-10-12-25(13-11-15)20(27)17-4-2-3-5-18(17)21(22,23)24/h2-9,15H,10-13H2,1H3. The van der Waals surface area contributed by atoms with Crippen LogP contribution in [0.25, 0.3) is 0 Å². The summed E-state index contributed by atoms with van der Waals surface area (Å²) in [5.74, 6) is -0.274. The monoisotopic (exact) mass is 391 g/mol. The van der Waals surface area contributed by atoms with Crippen molar-refractivity contribution >= 4 is 11.7 Å². The van der Waals surface area contributed by atoms with Gasteiger partial charge in [-0.1, -0.05) is 12.1 Å². The molecule has 4 nitrogen and oxygen atoms in total. The minimum absolute atomic E-state index is 0.0227. The Morgan fingerprint density at radius 2 is 1.61 bits per heavy atom. The predicted octanol–water partition coefficient (Wildman–Crippen LogP) is 4.45. The van der Waals surface area contributed by atoms with E-state index in [1.165, 1.54) is 23.1 Å². The van der Waals surface area contributed by atoms with Crippen molar-refractivity contribution < 1.29 is 27.5 Å². The first-order valence-electron chi connectivity index (χ1n) is 8.95. The summed E-state index contributed by atoms with van der Waals surface area (Å²) in [6.45, 7) is 0.495. The Hall–Kier alpha value is -2.83. The number of nitrogens with zero attached hydrogens (tertiary/aromatic N) is 1. The number of ether oxygens (including phenoxy) is 1. The lowest BCUT2D eigenvalue weighted by atomic mass is 9.88. The van der Waals surface area contributed by atoms with Crippen LogP contribution in [-0.2, 0) is 6.18 Å². The van der Waals surface area contributed by atoms with Gasteiger partial charge in [-0.3, -0.25) is 9.59 Å². The van der Waals surface area contributed by atoms with Gasteiger partial charge in [-0.05, 0) is 49.2 Å². The lowest BCUT2D eigenvalue weighted by molar-refractivity contribution is -0.138. The first kappa shape index (κ1) is 19.9. The zero-order chi connectivity index (χ0) is 20.3. The van der Waals surface area contributed by atoms with Crippen LogP contribution in [0.1, 0.15) is 39.1 Å². The highest BCUT2D eigenvalue weighted by Crippen LogP contribution is 2.33. The first-order valence-corrected chi connectivity index (χ1v) is 8.95. The van der Waals surface area contributed by atoms with Crippen molar-refractivity contribution in [3.05, 3.63) is 65.2 Å². The van der Waals surface area contributed by atoms with Crippen molar-refractivity contribution in [2.75, 3.05) is 20.2 Å². The largest absolute Gasteiger partial charge is 0.497 e. The molecule has 0 unspecified atom stereocenters. The molecule has 0 saturated carbocycles. The molecule has 2 aromatic rings. The molecule has 2 aromatic carbocycles. The Morgan fingerprint density at radius 3 is 2.18 bits per heavy atom.